The third-order valence-corrected chi connectivity index (χ3v) is 7.10. The third-order valence-electron chi connectivity index (χ3n) is 5.01. The molecule has 6 nitrogen and oxygen atoms in total. The van der Waals surface area contributed by atoms with Crippen LogP contribution in [0.25, 0.3) is 0 Å². The van der Waals surface area contributed by atoms with Crippen LogP contribution in [0, 0.1) is 19.8 Å². The van der Waals surface area contributed by atoms with Gasteiger partial charge in [0.15, 0.2) is 0 Å². The Hall–Kier alpha value is -1.70. The highest BCUT2D eigenvalue weighted by Gasteiger charge is 2.40. The van der Waals surface area contributed by atoms with Gasteiger partial charge in [-0.05, 0) is 25.3 Å². The smallest absolute Gasteiger partial charge is 0.246 e. The number of aromatic nitrogens is 2. The first-order chi connectivity index (χ1) is 12.2. The van der Waals surface area contributed by atoms with E-state index in [1.54, 1.807) is 11.6 Å². The number of rotatable bonds is 5. The highest BCUT2D eigenvalue weighted by Crippen LogP contribution is 2.32. The zero-order valence-electron chi connectivity index (χ0n) is 15.9. The molecule has 7 heteroatoms. The first-order valence-corrected chi connectivity index (χ1v) is 10.5. The SMILES string of the molecule is Cc1nn(CC(C)C)c(C)c1S(=O)(=O)N1C[C@@H](N)[C@H](c2ccccc2)C1. The maximum Gasteiger partial charge on any atom is 0.246 e. The quantitative estimate of drug-likeness (QED) is 0.868. The molecule has 3 rings (SSSR count). The van der Waals surface area contributed by atoms with Crippen molar-refractivity contribution in [2.45, 2.75) is 51.1 Å². The lowest BCUT2D eigenvalue weighted by molar-refractivity contribution is 0.463. The van der Waals surface area contributed by atoms with Crippen molar-refractivity contribution < 1.29 is 8.42 Å². The Labute approximate surface area is 156 Å². The summed E-state index contributed by atoms with van der Waals surface area (Å²) in [5, 5.41) is 4.46. The van der Waals surface area contributed by atoms with Crippen LogP contribution in [0.4, 0.5) is 0 Å². The molecule has 2 aromatic rings. The second kappa shape index (κ2) is 7.13. The van der Waals surface area contributed by atoms with Crippen LogP contribution in [0.3, 0.4) is 0 Å². The van der Waals surface area contributed by atoms with E-state index in [1.807, 2.05) is 37.3 Å². The molecule has 1 fully saturated rings. The average molecular weight is 377 g/mol. The van der Waals surface area contributed by atoms with Crippen molar-refractivity contribution in [2.75, 3.05) is 13.1 Å². The standard InChI is InChI=1S/C19H28N4O2S/c1-13(2)10-23-15(4)19(14(3)21-23)26(24,25)22-11-17(18(20)12-22)16-8-6-5-7-9-16/h5-9,13,17-18H,10-12,20H2,1-4H3/t17-,18+/m0/s1. The van der Waals surface area contributed by atoms with Crippen molar-refractivity contribution in [1.29, 1.82) is 0 Å². The van der Waals surface area contributed by atoms with Crippen LogP contribution in [0.15, 0.2) is 35.2 Å². The van der Waals surface area contributed by atoms with E-state index >= 15 is 0 Å². The molecule has 1 saturated heterocycles. The van der Waals surface area contributed by atoms with Gasteiger partial charge in [0.1, 0.15) is 4.90 Å². The molecule has 2 N–H and O–H groups in total. The van der Waals surface area contributed by atoms with Gasteiger partial charge in [0.05, 0.1) is 11.4 Å². The highest BCUT2D eigenvalue weighted by molar-refractivity contribution is 7.89. The van der Waals surface area contributed by atoms with Crippen LogP contribution >= 0.6 is 0 Å². The van der Waals surface area contributed by atoms with E-state index in [4.69, 9.17) is 5.73 Å². The monoisotopic (exact) mass is 376 g/mol. The zero-order valence-corrected chi connectivity index (χ0v) is 16.7. The van der Waals surface area contributed by atoms with Gasteiger partial charge in [-0.15, -0.1) is 0 Å². The number of sulfonamides is 1. The predicted octanol–water partition coefficient (Wildman–Crippen LogP) is 2.27. The molecule has 1 aliphatic heterocycles. The van der Waals surface area contributed by atoms with E-state index in [9.17, 15) is 8.42 Å². The fourth-order valence-corrected chi connectivity index (χ4v) is 5.62. The van der Waals surface area contributed by atoms with Crippen molar-refractivity contribution in [2.24, 2.45) is 11.7 Å². The number of aryl methyl sites for hydroxylation is 1. The van der Waals surface area contributed by atoms with E-state index in [0.717, 1.165) is 5.56 Å². The second-order valence-corrected chi connectivity index (χ2v) is 9.45. The molecule has 2 heterocycles. The minimum Gasteiger partial charge on any atom is -0.326 e. The minimum atomic E-state index is -3.62. The summed E-state index contributed by atoms with van der Waals surface area (Å²) in [4.78, 5) is 0.332. The van der Waals surface area contributed by atoms with E-state index in [1.165, 1.54) is 4.31 Å². The van der Waals surface area contributed by atoms with Gasteiger partial charge < -0.3 is 5.73 Å². The summed E-state index contributed by atoms with van der Waals surface area (Å²) in [6.45, 7) is 9.22. The molecule has 0 saturated carbocycles. The largest absolute Gasteiger partial charge is 0.326 e. The molecular formula is C19H28N4O2S. The minimum absolute atomic E-state index is 0.0114. The van der Waals surface area contributed by atoms with Gasteiger partial charge in [-0.2, -0.15) is 9.40 Å². The lowest BCUT2D eigenvalue weighted by Gasteiger charge is -2.17. The Morgan fingerprint density at radius 1 is 1.19 bits per heavy atom. The molecule has 0 radical (unpaired) electrons. The van der Waals surface area contributed by atoms with Gasteiger partial charge in [-0.25, -0.2) is 8.42 Å². The van der Waals surface area contributed by atoms with Gasteiger partial charge in [-0.3, -0.25) is 4.68 Å². The molecule has 0 bridgehead atoms. The van der Waals surface area contributed by atoms with Crippen molar-refractivity contribution in [3.05, 3.63) is 47.3 Å². The van der Waals surface area contributed by atoms with Crippen molar-refractivity contribution in [1.82, 2.24) is 14.1 Å². The topological polar surface area (TPSA) is 81.2 Å². The summed E-state index contributed by atoms with van der Waals surface area (Å²) in [6, 6.07) is 9.69. The zero-order chi connectivity index (χ0) is 19.1. The summed E-state index contributed by atoms with van der Waals surface area (Å²) < 4.78 is 30.0. The molecular weight excluding hydrogens is 348 g/mol. The summed E-state index contributed by atoms with van der Waals surface area (Å²) in [5.74, 6) is 0.406. The number of hydrogen-bond acceptors (Lipinski definition) is 4. The Balaban J connectivity index is 1.91. The lowest BCUT2D eigenvalue weighted by Crippen LogP contribution is -2.32. The van der Waals surface area contributed by atoms with Gasteiger partial charge in [0.2, 0.25) is 10.0 Å². The number of nitrogens with zero attached hydrogens (tertiary/aromatic N) is 3. The molecule has 26 heavy (non-hydrogen) atoms. The van der Waals surface area contributed by atoms with Crippen LogP contribution in [-0.2, 0) is 16.6 Å². The first-order valence-electron chi connectivity index (χ1n) is 9.06. The average Bonchev–Trinajstić information content (AvgIpc) is 3.09. The van der Waals surface area contributed by atoms with E-state index < -0.39 is 10.0 Å². The van der Waals surface area contributed by atoms with Crippen LogP contribution in [0.1, 0.15) is 36.7 Å². The summed E-state index contributed by atoms with van der Waals surface area (Å²) >= 11 is 0. The molecule has 0 amide bonds. The van der Waals surface area contributed by atoms with E-state index in [2.05, 4.69) is 18.9 Å². The van der Waals surface area contributed by atoms with Gasteiger partial charge in [0, 0.05) is 31.6 Å². The first kappa shape index (κ1) is 19.1. The normalized spacial score (nSPS) is 21.6. The van der Waals surface area contributed by atoms with Crippen LogP contribution in [-0.4, -0.2) is 41.6 Å². The van der Waals surface area contributed by atoms with E-state index in [0.29, 0.717) is 41.8 Å². The van der Waals surface area contributed by atoms with Crippen LogP contribution in [0.5, 0.6) is 0 Å². The van der Waals surface area contributed by atoms with Crippen LogP contribution in [0.2, 0.25) is 0 Å². The Morgan fingerprint density at radius 3 is 2.46 bits per heavy atom. The summed E-state index contributed by atoms with van der Waals surface area (Å²) in [5.41, 5.74) is 8.64. The second-order valence-electron chi connectivity index (χ2n) is 7.58. The Morgan fingerprint density at radius 2 is 1.85 bits per heavy atom. The Bertz CT molecular complexity index is 874. The maximum absolute atomic E-state index is 13.3. The number of hydrogen-bond donors (Lipinski definition) is 1. The van der Waals surface area contributed by atoms with Gasteiger partial charge in [0.25, 0.3) is 0 Å². The fourth-order valence-electron chi connectivity index (χ4n) is 3.75. The van der Waals surface area contributed by atoms with E-state index in [-0.39, 0.29) is 12.0 Å². The molecule has 0 unspecified atom stereocenters. The summed E-state index contributed by atoms with van der Waals surface area (Å²) in [7, 11) is -3.62. The molecule has 1 aliphatic rings. The molecule has 1 aromatic heterocycles. The Kier molecular flexibility index (Phi) is 5.23. The molecule has 0 aliphatic carbocycles. The van der Waals surface area contributed by atoms with Crippen molar-refractivity contribution in [3.8, 4) is 0 Å². The third kappa shape index (κ3) is 3.43. The molecule has 0 spiro atoms. The van der Waals surface area contributed by atoms with Crippen molar-refractivity contribution in [3.63, 3.8) is 0 Å². The fraction of sp³-hybridized carbons (Fsp3) is 0.526. The number of benzene rings is 1. The van der Waals surface area contributed by atoms with Crippen LogP contribution < -0.4 is 5.73 Å². The lowest BCUT2D eigenvalue weighted by atomic mass is 9.95. The molecule has 142 valence electrons. The highest BCUT2D eigenvalue weighted by atomic mass is 32.2. The van der Waals surface area contributed by atoms with Gasteiger partial charge in [-0.1, -0.05) is 44.2 Å². The van der Waals surface area contributed by atoms with Crippen molar-refractivity contribution >= 4 is 10.0 Å². The van der Waals surface area contributed by atoms with Gasteiger partial charge >= 0.3 is 0 Å². The molecule has 2 atom stereocenters. The predicted molar refractivity (Wildman–Crippen MR) is 102 cm³/mol. The maximum atomic E-state index is 13.3. The summed E-state index contributed by atoms with van der Waals surface area (Å²) in [6.07, 6.45) is 0. The number of nitrogens with two attached hydrogens (primary N) is 1. The molecule has 1 aromatic carbocycles.